The number of hydrogen-bond acceptors (Lipinski definition) is 8. The number of hydrogen-bond donors (Lipinski definition) is 2. The number of benzene rings is 2. The van der Waals surface area contributed by atoms with Crippen molar-refractivity contribution in [3.05, 3.63) is 76.6 Å². The molecule has 0 bridgehead atoms. The van der Waals surface area contributed by atoms with Crippen LogP contribution in [-0.2, 0) is 36.3 Å². The van der Waals surface area contributed by atoms with Gasteiger partial charge in [0.2, 0.25) is 12.3 Å². The Labute approximate surface area is 246 Å². The number of aliphatic hydroxyl groups excluding tert-OH is 1. The van der Waals surface area contributed by atoms with Crippen LogP contribution in [0.2, 0.25) is 0 Å². The normalized spacial score (nSPS) is 16.2. The number of methoxy groups -OCH3 is 1. The molecule has 1 aliphatic heterocycles. The monoisotopic (exact) mass is 577 g/mol. The average Bonchev–Trinajstić information content (AvgIpc) is 3.79. The molecular formula is C31H39N5O6. The standard InChI is InChI=1S/C31H39N5O6/c1-21(37)35-13-15-36(16-14-35)31(39)42-20-23-9-7-22(8-10-23)19-41-28-6-4-5-25(29(28)40-3)18-32-30(38)27-17-26(24-11-12-24)33-34(27)2/h4-10,17,24,31,39H,11-16,18-20H2,1-3H3,(H,32,38). The third-order valence-electron chi connectivity index (χ3n) is 7.72. The van der Waals surface area contributed by atoms with Crippen LogP contribution in [0.1, 0.15) is 58.6 Å². The minimum absolute atomic E-state index is 0.0485. The van der Waals surface area contributed by atoms with Gasteiger partial charge >= 0.3 is 0 Å². The second-order valence-corrected chi connectivity index (χ2v) is 10.8. The first kappa shape index (κ1) is 29.6. The van der Waals surface area contributed by atoms with E-state index in [1.54, 1.807) is 30.7 Å². The van der Waals surface area contributed by atoms with E-state index in [0.717, 1.165) is 35.2 Å². The van der Waals surface area contributed by atoms with Crippen molar-refractivity contribution >= 4 is 11.8 Å². The molecule has 2 aromatic carbocycles. The molecule has 1 aromatic heterocycles. The summed E-state index contributed by atoms with van der Waals surface area (Å²) in [5.41, 5.74) is 4.21. The summed E-state index contributed by atoms with van der Waals surface area (Å²) in [5, 5.41) is 17.9. The predicted octanol–water partition coefficient (Wildman–Crippen LogP) is 2.77. The molecule has 1 atom stereocenters. The maximum Gasteiger partial charge on any atom is 0.269 e. The number of nitrogens with one attached hydrogen (secondary N) is 1. The molecule has 0 radical (unpaired) electrons. The number of rotatable bonds is 12. The number of aryl methyl sites for hydroxylation is 1. The van der Waals surface area contributed by atoms with Gasteiger partial charge in [-0.1, -0.05) is 36.4 Å². The van der Waals surface area contributed by atoms with E-state index in [1.165, 1.54) is 0 Å². The van der Waals surface area contributed by atoms with Crippen molar-refractivity contribution in [3.63, 3.8) is 0 Å². The molecule has 224 valence electrons. The summed E-state index contributed by atoms with van der Waals surface area (Å²) >= 11 is 0. The molecule has 2 N–H and O–H groups in total. The molecule has 2 aliphatic rings. The van der Waals surface area contributed by atoms with Gasteiger partial charge in [-0.2, -0.15) is 5.10 Å². The molecule has 11 nitrogen and oxygen atoms in total. The molecule has 1 unspecified atom stereocenters. The molecule has 1 aliphatic carbocycles. The Hall–Kier alpha value is -3.93. The van der Waals surface area contributed by atoms with Crippen LogP contribution in [0, 0.1) is 0 Å². The number of amides is 2. The maximum atomic E-state index is 12.8. The number of piperazine rings is 1. The van der Waals surface area contributed by atoms with E-state index in [1.807, 2.05) is 53.4 Å². The summed E-state index contributed by atoms with van der Waals surface area (Å²) in [5.74, 6) is 1.51. The number of carbonyl (C=O) groups is 2. The Morgan fingerprint density at radius 2 is 1.74 bits per heavy atom. The van der Waals surface area contributed by atoms with Gasteiger partial charge in [0.15, 0.2) is 11.5 Å². The van der Waals surface area contributed by atoms with Crippen molar-refractivity contribution in [2.45, 2.75) is 51.9 Å². The van der Waals surface area contributed by atoms with E-state index >= 15 is 0 Å². The largest absolute Gasteiger partial charge is 0.493 e. The SMILES string of the molecule is COc1c(CNC(=O)c2cc(C3CC3)nn2C)cccc1OCc1ccc(COC(O)N2CCN(C(C)=O)CC2)cc1. The highest BCUT2D eigenvalue weighted by Gasteiger charge is 2.28. The summed E-state index contributed by atoms with van der Waals surface area (Å²) in [4.78, 5) is 27.9. The zero-order valence-electron chi connectivity index (χ0n) is 24.4. The van der Waals surface area contributed by atoms with Gasteiger partial charge in [0.05, 0.1) is 19.4 Å². The van der Waals surface area contributed by atoms with Gasteiger partial charge in [-0.15, -0.1) is 0 Å². The lowest BCUT2D eigenvalue weighted by Gasteiger charge is -2.36. The number of ether oxygens (including phenoxy) is 3. The Bertz CT molecular complexity index is 1380. The molecule has 2 fully saturated rings. The fraction of sp³-hybridized carbons (Fsp3) is 0.452. The van der Waals surface area contributed by atoms with Crippen molar-refractivity contribution < 1.29 is 28.9 Å². The summed E-state index contributed by atoms with van der Waals surface area (Å²) in [6.45, 7) is 4.74. The third kappa shape index (κ3) is 7.28. The van der Waals surface area contributed by atoms with Crippen LogP contribution in [0.4, 0.5) is 0 Å². The van der Waals surface area contributed by atoms with E-state index in [0.29, 0.717) is 55.9 Å². The molecule has 0 spiro atoms. The zero-order chi connectivity index (χ0) is 29.6. The molecule has 5 rings (SSSR count). The van der Waals surface area contributed by atoms with Crippen molar-refractivity contribution in [2.75, 3.05) is 33.3 Å². The summed E-state index contributed by atoms with van der Waals surface area (Å²) < 4.78 is 19.0. The third-order valence-corrected chi connectivity index (χ3v) is 7.72. The fourth-order valence-electron chi connectivity index (χ4n) is 5.02. The van der Waals surface area contributed by atoms with Crippen molar-refractivity contribution in [1.29, 1.82) is 0 Å². The highest BCUT2D eigenvalue weighted by Crippen LogP contribution is 2.39. The molecule has 11 heteroatoms. The number of aliphatic hydroxyl groups is 1. The first-order valence-corrected chi connectivity index (χ1v) is 14.3. The van der Waals surface area contributed by atoms with Crippen molar-refractivity contribution in [2.24, 2.45) is 7.05 Å². The van der Waals surface area contributed by atoms with Gasteiger partial charge in [0.25, 0.3) is 5.91 Å². The predicted molar refractivity (Wildman–Crippen MR) is 155 cm³/mol. The zero-order valence-corrected chi connectivity index (χ0v) is 24.4. The Kier molecular flexibility index (Phi) is 9.41. The lowest BCUT2D eigenvalue weighted by Crippen LogP contribution is -2.52. The van der Waals surface area contributed by atoms with Crippen molar-refractivity contribution in [3.8, 4) is 11.5 Å². The number of nitrogens with zero attached hydrogens (tertiary/aromatic N) is 4. The van der Waals surface area contributed by atoms with Crippen LogP contribution in [-0.4, -0.2) is 76.2 Å². The van der Waals surface area contributed by atoms with Gasteiger partial charge in [-0.05, 0) is 36.1 Å². The lowest BCUT2D eigenvalue weighted by atomic mass is 10.1. The fourth-order valence-corrected chi connectivity index (χ4v) is 5.02. The average molecular weight is 578 g/mol. The minimum Gasteiger partial charge on any atom is -0.493 e. The Balaban J connectivity index is 1.10. The first-order chi connectivity index (χ1) is 20.3. The topological polar surface area (TPSA) is 118 Å². The van der Waals surface area contributed by atoms with Gasteiger partial charge in [0.1, 0.15) is 12.3 Å². The smallest absolute Gasteiger partial charge is 0.269 e. The minimum atomic E-state index is -1.02. The van der Waals surface area contributed by atoms with Crippen LogP contribution in [0.3, 0.4) is 0 Å². The van der Waals surface area contributed by atoms with Crippen LogP contribution < -0.4 is 14.8 Å². The van der Waals surface area contributed by atoms with Crippen LogP contribution in [0.25, 0.3) is 0 Å². The first-order valence-electron chi connectivity index (χ1n) is 14.3. The molecule has 1 saturated heterocycles. The quantitative estimate of drug-likeness (QED) is 0.316. The molecule has 2 amide bonds. The Morgan fingerprint density at radius 3 is 2.38 bits per heavy atom. The molecule has 3 aromatic rings. The van der Waals surface area contributed by atoms with Gasteiger partial charge < -0.3 is 29.5 Å². The van der Waals surface area contributed by atoms with Gasteiger partial charge in [-0.25, -0.2) is 0 Å². The van der Waals surface area contributed by atoms with Gasteiger partial charge in [0, 0.05) is 58.2 Å². The molecule has 1 saturated carbocycles. The molecule has 42 heavy (non-hydrogen) atoms. The number of para-hydroxylation sites is 1. The highest BCUT2D eigenvalue weighted by molar-refractivity contribution is 5.92. The summed E-state index contributed by atoms with van der Waals surface area (Å²) in [7, 11) is 3.38. The van der Waals surface area contributed by atoms with E-state index in [-0.39, 0.29) is 25.0 Å². The summed E-state index contributed by atoms with van der Waals surface area (Å²) in [6.07, 6.45) is 1.25. The van der Waals surface area contributed by atoms with Crippen LogP contribution >= 0.6 is 0 Å². The second kappa shape index (κ2) is 13.4. The van der Waals surface area contributed by atoms with Gasteiger partial charge in [-0.3, -0.25) is 19.2 Å². The van der Waals surface area contributed by atoms with E-state index in [9.17, 15) is 14.7 Å². The van der Waals surface area contributed by atoms with Crippen molar-refractivity contribution in [1.82, 2.24) is 24.9 Å². The highest BCUT2D eigenvalue weighted by atomic mass is 16.6. The number of carbonyl (C=O) groups excluding carboxylic acids is 2. The maximum absolute atomic E-state index is 12.8. The van der Waals surface area contributed by atoms with E-state index in [2.05, 4.69) is 10.4 Å². The Morgan fingerprint density at radius 1 is 1.05 bits per heavy atom. The summed E-state index contributed by atoms with van der Waals surface area (Å²) in [6, 6.07) is 15.3. The molecule has 2 heterocycles. The molecular weight excluding hydrogens is 538 g/mol. The number of aromatic nitrogens is 2. The van der Waals surface area contributed by atoms with E-state index in [4.69, 9.17) is 14.2 Å². The second-order valence-electron chi connectivity index (χ2n) is 10.8. The van der Waals surface area contributed by atoms with E-state index < -0.39 is 6.41 Å². The lowest BCUT2D eigenvalue weighted by molar-refractivity contribution is -0.207. The van der Waals surface area contributed by atoms with Crippen LogP contribution in [0.15, 0.2) is 48.5 Å². The van der Waals surface area contributed by atoms with Crippen LogP contribution in [0.5, 0.6) is 11.5 Å².